The number of aliphatic hydroxyl groups excluding tert-OH is 2. The number of H-pyrrole nitrogens is 1. The summed E-state index contributed by atoms with van der Waals surface area (Å²) in [5.74, 6) is 0. The van der Waals surface area contributed by atoms with Gasteiger partial charge in [-0.25, -0.2) is 0 Å². The molecule has 18 heavy (non-hydrogen) atoms. The van der Waals surface area contributed by atoms with Crippen LogP contribution in [0.5, 0.6) is 0 Å². The normalized spacial score (nSPS) is 13.4. The van der Waals surface area contributed by atoms with Crippen LogP contribution < -0.4 is 0 Å². The quantitative estimate of drug-likeness (QED) is 0.746. The lowest BCUT2D eigenvalue weighted by Crippen LogP contribution is -2.31. The van der Waals surface area contributed by atoms with E-state index < -0.39 is 6.10 Å². The van der Waals surface area contributed by atoms with Gasteiger partial charge in [-0.15, -0.1) is 0 Å². The average Bonchev–Trinajstić information content (AvgIpc) is 2.66. The molecule has 98 valence electrons. The Hall–Kier alpha value is -1.36. The van der Waals surface area contributed by atoms with E-state index in [0.29, 0.717) is 6.54 Å². The smallest absolute Gasteiger partial charge is 0.0897 e. The van der Waals surface area contributed by atoms with E-state index in [1.54, 1.807) is 0 Å². The largest absolute Gasteiger partial charge is 0.394 e. The van der Waals surface area contributed by atoms with Crippen LogP contribution >= 0.6 is 0 Å². The molecule has 0 amide bonds. The van der Waals surface area contributed by atoms with Gasteiger partial charge in [0.25, 0.3) is 0 Å². The highest BCUT2D eigenvalue weighted by Crippen LogP contribution is 2.22. The molecular formula is C14H20N2O2. The minimum absolute atomic E-state index is 0.197. The lowest BCUT2D eigenvalue weighted by molar-refractivity contribution is 0.0648. The molecule has 0 aliphatic rings. The molecule has 4 heteroatoms. The van der Waals surface area contributed by atoms with Crippen molar-refractivity contribution >= 4 is 10.9 Å². The van der Waals surface area contributed by atoms with E-state index in [1.165, 1.54) is 10.9 Å². The second-order valence-electron chi connectivity index (χ2n) is 4.81. The molecule has 1 heterocycles. The molecule has 0 fully saturated rings. The van der Waals surface area contributed by atoms with Crippen molar-refractivity contribution < 1.29 is 10.2 Å². The van der Waals surface area contributed by atoms with Crippen molar-refractivity contribution in [3.63, 3.8) is 0 Å². The number of aromatic amines is 1. The molecule has 1 unspecified atom stereocenters. The molecule has 0 saturated heterocycles. The topological polar surface area (TPSA) is 59.5 Å². The molecule has 0 aliphatic carbocycles. The maximum Gasteiger partial charge on any atom is 0.0897 e. The first-order valence-electron chi connectivity index (χ1n) is 6.15. The van der Waals surface area contributed by atoms with Crippen LogP contribution in [-0.4, -0.2) is 46.4 Å². The Kier molecular flexibility index (Phi) is 4.01. The Morgan fingerprint density at radius 3 is 2.78 bits per heavy atom. The van der Waals surface area contributed by atoms with Crippen LogP contribution in [0.25, 0.3) is 10.9 Å². The van der Waals surface area contributed by atoms with Gasteiger partial charge in [0.1, 0.15) is 0 Å². The van der Waals surface area contributed by atoms with Crippen LogP contribution in [0.3, 0.4) is 0 Å². The molecule has 2 rings (SSSR count). The van der Waals surface area contributed by atoms with Crippen molar-refractivity contribution in [2.45, 2.75) is 19.6 Å². The van der Waals surface area contributed by atoms with Crippen molar-refractivity contribution in [1.29, 1.82) is 0 Å². The van der Waals surface area contributed by atoms with Gasteiger partial charge in [-0.3, -0.25) is 4.90 Å². The van der Waals surface area contributed by atoms with E-state index in [-0.39, 0.29) is 6.61 Å². The summed E-state index contributed by atoms with van der Waals surface area (Å²) in [6.45, 7) is 3.09. The number of benzene rings is 1. The van der Waals surface area contributed by atoms with Crippen LogP contribution in [0, 0.1) is 6.92 Å². The SMILES string of the molecule is Cc1[nH]c2ccccc2c1CN(C)CC(O)CO. The predicted octanol–water partition coefficient (Wildman–Crippen LogP) is 1.26. The van der Waals surface area contributed by atoms with E-state index in [1.807, 2.05) is 24.1 Å². The average molecular weight is 248 g/mol. The minimum atomic E-state index is -0.680. The summed E-state index contributed by atoms with van der Waals surface area (Å²) in [5, 5.41) is 19.5. The van der Waals surface area contributed by atoms with Crippen LogP contribution in [0.1, 0.15) is 11.3 Å². The summed E-state index contributed by atoms with van der Waals surface area (Å²) < 4.78 is 0. The fraction of sp³-hybridized carbons (Fsp3) is 0.429. The molecule has 4 nitrogen and oxygen atoms in total. The zero-order valence-electron chi connectivity index (χ0n) is 10.8. The van der Waals surface area contributed by atoms with Crippen LogP contribution in [0.15, 0.2) is 24.3 Å². The van der Waals surface area contributed by atoms with Crippen LogP contribution in [-0.2, 0) is 6.54 Å². The van der Waals surface area contributed by atoms with Crippen LogP contribution in [0.4, 0.5) is 0 Å². The highest BCUT2D eigenvalue weighted by Gasteiger charge is 2.12. The highest BCUT2D eigenvalue weighted by atomic mass is 16.3. The van der Waals surface area contributed by atoms with Gasteiger partial charge in [0.15, 0.2) is 0 Å². The zero-order valence-corrected chi connectivity index (χ0v) is 10.8. The van der Waals surface area contributed by atoms with Gasteiger partial charge in [0.2, 0.25) is 0 Å². The van der Waals surface area contributed by atoms with Gasteiger partial charge in [-0.05, 0) is 25.6 Å². The van der Waals surface area contributed by atoms with E-state index >= 15 is 0 Å². The number of rotatable bonds is 5. The number of aliphatic hydroxyl groups is 2. The Labute approximate surface area is 107 Å². The Balaban J connectivity index is 2.18. The van der Waals surface area contributed by atoms with Crippen molar-refractivity contribution in [1.82, 2.24) is 9.88 Å². The Morgan fingerprint density at radius 2 is 2.06 bits per heavy atom. The molecule has 3 N–H and O–H groups in total. The fourth-order valence-corrected chi connectivity index (χ4v) is 2.29. The van der Waals surface area contributed by atoms with Gasteiger partial charge in [-0.2, -0.15) is 0 Å². The molecule has 0 spiro atoms. The first-order valence-corrected chi connectivity index (χ1v) is 6.15. The number of aryl methyl sites for hydroxylation is 1. The van der Waals surface area contributed by atoms with Gasteiger partial charge in [0.05, 0.1) is 12.7 Å². The Bertz CT molecular complexity index is 521. The van der Waals surface area contributed by atoms with Crippen molar-refractivity contribution in [3.8, 4) is 0 Å². The monoisotopic (exact) mass is 248 g/mol. The number of para-hydroxylation sites is 1. The third-order valence-corrected chi connectivity index (χ3v) is 3.19. The number of fused-ring (bicyclic) bond motifs is 1. The lowest BCUT2D eigenvalue weighted by Gasteiger charge is -2.19. The van der Waals surface area contributed by atoms with Gasteiger partial charge in [-0.1, -0.05) is 18.2 Å². The molecule has 0 aliphatic heterocycles. The van der Waals surface area contributed by atoms with E-state index in [0.717, 1.165) is 17.8 Å². The molecule has 2 aromatic rings. The summed E-state index contributed by atoms with van der Waals surface area (Å²) in [6, 6.07) is 8.21. The number of likely N-dealkylation sites (N-methyl/N-ethyl adjacent to an activating group) is 1. The van der Waals surface area contributed by atoms with Crippen molar-refractivity contribution in [2.75, 3.05) is 20.2 Å². The third kappa shape index (κ3) is 2.72. The number of aromatic nitrogens is 1. The standard InChI is InChI=1S/C14H20N2O2/c1-10-13(8-16(2)7-11(18)9-17)12-5-3-4-6-14(12)15-10/h3-6,11,15,17-18H,7-9H2,1-2H3. The van der Waals surface area contributed by atoms with Gasteiger partial charge in [0, 0.05) is 29.7 Å². The minimum Gasteiger partial charge on any atom is -0.394 e. The lowest BCUT2D eigenvalue weighted by atomic mass is 10.1. The van der Waals surface area contributed by atoms with E-state index in [2.05, 4.69) is 24.0 Å². The summed E-state index contributed by atoms with van der Waals surface area (Å²) >= 11 is 0. The summed E-state index contributed by atoms with van der Waals surface area (Å²) in [5.41, 5.74) is 3.54. The second-order valence-corrected chi connectivity index (χ2v) is 4.81. The maximum absolute atomic E-state index is 9.44. The first-order chi connectivity index (χ1) is 8.61. The molecule has 1 aromatic carbocycles. The molecule has 1 aromatic heterocycles. The fourth-order valence-electron chi connectivity index (χ4n) is 2.29. The van der Waals surface area contributed by atoms with Crippen LogP contribution in [0.2, 0.25) is 0 Å². The zero-order chi connectivity index (χ0) is 13.1. The first kappa shape index (κ1) is 13.1. The van der Waals surface area contributed by atoms with E-state index in [4.69, 9.17) is 5.11 Å². The van der Waals surface area contributed by atoms with Crippen molar-refractivity contribution in [2.24, 2.45) is 0 Å². The number of hydrogen-bond acceptors (Lipinski definition) is 3. The Morgan fingerprint density at radius 1 is 1.33 bits per heavy atom. The summed E-state index contributed by atoms with van der Waals surface area (Å²) in [7, 11) is 1.94. The van der Waals surface area contributed by atoms with Gasteiger partial charge < -0.3 is 15.2 Å². The molecule has 0 bridgehead atoms. The molecule has 1 atom stereocenters. The van der Waals surface area contributed by atoms with Gasteiger partial charge >= 0.3 is 0 Å². The molecule has 0 saturated carbocycles. The number of hydrogen-bond donors (Lipinski definition) is 3. The number of nitrogens with zero attached hydrogens (tertiary/aromatic N) is 1. The third-order valence-electron chi connectivity index (χ3n) is 3.19. The summed E-state index contributed by atoms with van der Waals surface area (Å²) in [6.07, 6.45) is -0.680. The van der Waals surface area contributed by atoms with E-state index in [9.17, 15) is 5.11 Å². The van der Waals surface area contributed by atoms with Crippen molar-refractivity contribution in [3.05, 3.63) is 35.5 Å². The highest BCUT2D eigenvalue weighted by molar-refractivity contribution is 5.84. The maximum atomic E-state index is 9.44. The molecule has 0 radical (unpaired) electrons. The molecular weight excluding hydrogens is 228 g/mol. The number of nitrogens with one attached hydrogen (secondary N) is 1. The second kappa shape index (κ2) is 5.52. The summed E-state index contributed by atoms with van der Waals surface area (Å²) in [4.78, 5) is 5.38. The predicted molar refractivity (Wildman–Crippen MR) is 72.5 cm³/mol.